The Hall–Kier alpha value is -2.44. The van der Waals surface area contributed by atoms with Crippen LogP contribution in [0.15, 0.2) is 24.3 Å². The zero-order chi connectivity index (χ0) is 15.8. The first-order valence-corrected chi connectivity index (χ1v) is 6.65. The molecular formula is C14H18N2O5. The number of nitrogens with one attached hydrogen (secondary N) is 1. The molecule has 1 rings (SSSR count). The Kier molecular flexibility index (Phi) is 6.32. The Morgan fingerprint density at radius 1 is 1.38 bits per heavy atom. The predicted octanol–water partition coefficient (Wildman–Crippen LogP) is 2.06. The molecule has 0 aromatic heterocycles. The van der Waals surface area contributed by atoms with Gasteiger partial charge in [-0.3, -0.25) is 14.9 Å². The van der Waals surface area contributed by atoms with Gasteiger partial charge in [0.05, 0.1) is 4.92 Å². The monoisotopic (exact) mass is 294 g/mol. The molecule has 0 saturated carbocycles. The Morgan fingerprint density at radius 3 is 2.67 bits per heavy atom. The van der Waals surface area contributed by atoms with Crippen molar-refractivity contribution in [2.24, 2.45) is 0 Å². The summed E-state index contributed by atoms with van der Waals surface area (Å²) in [4.78, 5) is 33.5. The second-order valence-corrected chi connectivity index (χ2v) is 4.61. The van der Waals surface area contributed by atoms with Crippen molar-refractivity contribution in [1.82, 2.24) is 5.32 Å². The lowest BCUT2D eigenvalue weighted by Crippen LogP contribution is -2.35. The molecule has 0 radical (unpaired) electrons. The molecule has 0 saturated heterocycles. The van der Waals surface area contributed by atoms with E-state index >= 15 is 0 Å². The van der Waals surface area contributed by atoms with Gasteiger partial charge in [0.2, 0.25) is 0 Å². The molecule has 0 aliphatic carbocycles. The van der Waals surface area contributed by atoms with Gasteiger partial charge in [0, 0.05) is 12.1 Å². The lowest BCUT2D eigenvalue weighted by molar-refractivity contribution is -0.385. The van der Waals surface area contributed by atoms with E-state index in [1.54, 1.807) is 0 Å². The average molecular weight is 294 g/mol. The van der Waals surface area contributed by atoms with Gasteiger partial charge in [-0.15, -0.1) is 0 Å². The molecule has 1 atom stereocenters. The van der Waals surface area contributed by atoms with Crippen LogP contribution in [0.4, 0.5) is 5.69 Å². The van der Waals surface area contributed by atoms with Crippen molar-refractivity contribution in [3.8, 4) is 0 Å². The van der Waals surface area contributed by atoms with Crippen molar-refractivity contribution >= 4 is 17.6 Å². The van der Waals surface area contributed by atoms with Gasteiger partial charge in [0.15, 0.2) is 6.61 Å². The van der Waals surface area contributed by atoms with Gasteiger partial charge in [0.25, 0.3) is 11.6 Å². The molecule has 0 aliphatic heterocycles. The molecule has 21 heavy (non-hydrogen) atoms. The fourth-order valence-electron chi connectivity index (χ4n) is 1.84. The number of nitro groups is 1. The standard InChI is InChI=1S/C14H18N2O5/c1-3-6-10(2)15-13(17)9-21-14(18)11-7-4-5-8-12(11)16(19)20/h4-5,7-8,10H,3,6,9H2,1-2H3,(H,15,17)/t10-/m0/s1. The van der Waals surface area contributed by atoms with Crippen LogP contribution in [-0.2, 0) is 9.53 Å². The smallest absolute Gasteiger partial charge is 0.345 e. The van der Waals surface area contributed by atoms with Gasteiger partial charge < -0.3 is 10.1 Å². The Morgan fingerprint density at radius 2 is 2.05 bits per heavy atom. The van der Waals surface area contributed by atoms with Crippen LogP contribution in [0.3, 0.4) is 0 Å². The molecule has 1 amide bonds. The van der Waals surface area contributed by atoms with Crippen molar-refractivity contribution in [3.05, 3.63) is 39.9 Å². The minimum Gasteiger partial charge on any atom is -0.452 e. The van der Waals surface area contributed by atoms with E-state index in [-0.39, 0.29) is 17.3 Å². The summed E-state index contributed by atoms with van der Waals surface area (Å²) < 4.78 is 4.80. The molecule has 1 aromatic rings. The topological polar surface area (TPSA) is 98.5 Å². The Labute approximate surface area is 122 Å². The molecule has 0 fully saturated rings. The van der Waals surface area contributed by atoms with Gasteiger partial charge in [-0.1, -0.05) is 25.5 Å². The summed E-state index contributed by atoms with van der Waals surface area (Å²) in [7, 11) is 0. The van der Waals surface area contributed by atoms with Crippen LogP contribution in [0.2, 0.25) is 0 Å². The number of nitrogens with zero attached hydrogens (tertiary/aromatic N) is 1. The maximum atomic E-state index is 11.8. The third kappa shape index (κ3) is 5.21. The molecule has 0 aliphatic rings. The molecule has 0 unspecified atom stereocenters. The first-order chi connectivity index (χ1) is 9.95. The van der Waals surface area contributed by atoms with Crippen LogP contribution in [-0.4, -0.2) is 29.4 Å². The summed E-state index contributed by atoms with van der Waals surface area (Å²) in [5.41, 5.74) is -0.515. The highest BCUT2D eigenvalue weighted by atomic mass is 16.6. The summed E-state index contributed by atoms with van der Waals surface area (Å²) in [6, 6.07) is 5.44. The summed E-state index contributed by atoms with van der Waals surface area (Å²) >= 11 is 0. The number of hydrogen-bond donors (Lipinski definition) is 1. The highest BCUT2D eigenvalue weighted by molar-refractivity contribution is 5.95. The van der Waals surface area contributed by atoms with Crippen molar-refractivity contribution in [3.63, 3.8) is 0 Å². The van der Waals surface area contributed by atoms with E-state index in [9.17, 15) is 19.7 Å². The summed E-state index contributed by atoms with van der Waals surface area (Å²) in [5.74, 6) is -1.32. The molecule has 7 heteroatoms. The van der Waals surface area contributed by atoms with Crippen molar-refractivity contribution in [2.45, 2.75) is 32.7 Å². The number of esters is 1. The van der Waals surface area contributed by atoms with E-state index in [2.05, 4.69) is 5.32 Å². The van der Waals surface area contributed by atoms with Crippen LogP contribution in [0.25, 0.3) is 0 Å². The van der Waals surface area contributed by atoms with Gasteiger partial charge in [0.1, 0.15) is 5.56 Å². The first kappa shape index (κ1) is 16.6. The van der Waals surface area contributed by atoms with E-state index in [0.717, 1.165) is 12.8 Å². The average Bonchev–Trinajstić information content (AvgIpc) is 2.44. The van der Waals surface area contributed by atoms with E-state index in [0.29, 0.717) is 0 Å². The van der Waals surface area contributed by atoms with Crippen LogP contribution in [0, 0.1) is 10.1 Å². The number of carbonyl (C=O) groups is 2. The molecule has 1 aromatic carbocycles. The van der Waals surface area contributed by atoms with E-state index in [1.807, 2.05) is 13.8 Å². The lowest BCUT2D eigenvalue weighted by atomic mass is 10.2. The van der Waals surface area contributed by atoms with Gasteiger partial charge in [-0.2, -0.15) is 0 Å². The predicted molar refractivity (Wildman–Crippen MR) is 75.9 cm³/mol. The fourth-order valence-corrected chi connectivity index (χ4v) is 1.84. The van der Waals surface area contributed by atoms with Crippen LogP contribution in [0.5, 0.6) is 0 Å². The molecule has 0 heterocycles. The Bertz CT molecular complexity index is 530. The van der Waals surface area contributed by atoms with Crippen LogP contribution < -0.4 is 5.32 Å². The molecule has 7 nitrogen and oxygen atoms in total. The second-order valence-electron chi connectivity index (χ2n) is 4.61. The minimum atomic E-state index is -0.888. The van der Waals surface area contributed by atoms with E-state index in [4.69, 9.17) is 4.74 Å². The maximum absolute atomic E-state index is 11.8. The van der Waals surface area contributed by atoms with Crippen molar-refractivity contribution in [2.75, 3.05) is 6.61 Å². The largest absolute Gasteiger partial charge is 0.452 e. The maximum Gasteiger partial charge on any atom is 0.345 e. The third-order valence-corrected chi connectivity index (χ3v) is 2.78. The summed E-state index contributed by atoms with van der Waals surface area (Å²) in [6.07, 6.45) is 1.75. The van der Waals surface area contributed by atoms with E-state index in [1.165, 1.54) is 24.3 Å². The number of amides is 1. The quantitative estimate of drug-likeness (QED) is 0.471. The zero-order valence-corrected chi connectivity index (χ0v) is 12.0. The number of hydrogen-bond acceptors (Lipinski definition) is 5. The molecule has 114 valence electrons. The van der Waals surface area contributed by atoms with Crippen molar-refractivity contribution < 1.29 is 19.2 Å². The minimum absolute atomic E-state index is 0.00716. The molecule has 0 bridgehead atoms. The highest BCUT2D eigenvalue weighted by Gasteiger charge is 2.21. The van der Waals surface area contributed by atoms with Crippen molar-refractivity contribution in [1.29, 1.82) is 0 Å². The Balaban J connectivity index is 2.58. The fraction of sp³-hybridized carbons (Fsp3) is 0.429. The van der Waals surface area contributed by atoms with Gasteiger partial charge in [-0.25, -0.2) is 4.79 Å². The number of ether oxygens (including phenoxy) is 1. The second kappa shape index (κ2) is 7.98. The number of benzene rings is 1. The number of rotatable bonds is 7. The summed E-state index contributed by atoms with van der Waals surface area (Å²) in [6.45, 7) is 3.39. The normalized spacial score (nSPS) is 11.5. The molecule has 0 spiro atoms. The highest BCUT2D eigenvalue weighted by Crippen LogP contribution is 2.18. The third-order valence-electron chi connectivity index (χ3n) is 2.78. The number of para-hydroxylation sites is 1. The van der Waals surface area contributed by atoms with E-state index < -0.39 is 23.4 Å². The van der Waals surface area contributed by atoms with Gasteiger partial charge >= 0.3 is 5.97 Å². The number of carbonyl (C=O) groups excluding carboxylic acids is 2. The molecule has 1 N–H and O–H groups in total. The molecular weight excluding hydrogens is 276 g/mol. The first-order valence-electron chi connectivity index (χ1n) is 6.65. The zero-order valence-electron chi connectivity index (χ0n) is 12.0. The van der Waals surface area contributed by atoms with Gasteiger partial charge in [-0.05, 0) is 19.4 Å². The number of nitro benzene ring substituents is 1. The lowest BCUT2D eigenvalue weighted by Gasteiger charge is -2.12. The van der Waals surface area contributed by atoms with Crippen LogP contribution in [0.1, 0.15) is 37.0 Å². The van der Waals surface area contributed by atoms with Crippen LogP contribution >= 0.6 is 0 Å². The SMILES string of the molecule is CCC[C@H](C)NC(=O)COC(=O)c1ccccc1[N+](=O)[O-]. The summed E-state index contributed by atoms with van der Waals surface area (Å²) in [5, 5.41) is 13.5.